The first-order valence-electron chi connectivity index (χ1n) is 8.04. The average Bonchev–Trinajstić information content (AvgIpc) is 2.94. The predicted octanol–water partition coefficient (Wildman–Crippen LogP) is 2.05. The Morgan fingerprint density at radius 3 is 3.05 bits per heavy atom. The van der Waals surface area contributed by atoms with Gasteiger partial charge < -0.3 is 19.9 Å². The molecule has 1 fully saturated rings. The van der Waals surface area contributed by atoms with Crippen LogP contribution in [0.2, 0.25) is 0 Å². The normalized spacial score (nSPS) is 28.3. The third-order valence-electron chi connectivity index (χ3n) is 4.37. The van der Waals surface area contributed by atoms with Gasteiger partial charge in [0.15, 0.2) is 0 Å². The molecular weight excluding hydrogens is 280 g/mol. The zero-order valence-electron chi connectivity index (χ0n) is 13.0. The van der Waals surface area contributed by atoms with Crippen LogP contribution in [0, 0.1) is 0 Å². The second-order valence-corrected chi connectivity index (χ2v) is 6.09. The van der Waals surface area contributed by atoms with Crippen molar-refractivity contribution in [3.63, 3.8) is 0 Å². The molecule has 1 aliphatic heterocycles. The number of allylic oxidation sites excluding steroid dienone is 1. The lowest BCUT2D eigenvalue weighted by Gasteiger charge is -2.30. The van der Waals surface area contributed by atoms with E-state index >= 15 is 0 Å². The van der Waals surface area contributed by atoms with Crippen molar-refractivity contribution in [3.8, 4) is 0 Å². The van der Waals surface area contributed by atoms with Crippen LogP contribution in [0.4, 0.5) is 4.79 Å². The van der Waals surface area contributed by atoms with E-state index in [0.29, 0.717) is 6.61 Å². The van der Waals surface area contributed by atoms with Gasteiger partial charge in [0.1, 0.15) is 6.10 Å². The summed E-state index contributed by atoms with van der Waals surface area (Å²) in [6.07, 6.45) is 12.8. The smallest absolute Gasteiger partial charge is 0.315 e. The van der Waals surface area contributed by atoms with Gasteiger partial charge >= 0.3 is 6.03 Å². The summed E-state index contributed by atoms with van der Waals surface area (Å²) in [5, 5.41) is 6.12. The molecule has 2 aliphatic rings. The molecule has 0 saturated carbocycles. The van der Waals surface area contributed by atoms with Crippen LogP contribution in [0.25, 0.3) is 0 Å². The van der Waals surface area contributed by atoms with Crippen molar-refractivity contribution < 1.29 is 9.53 Å². The van der Waals surface area contributed by atoms with Crippen molar-refractivity contribution in [2.45, 2.75) is 50.3 Å². The number of hydrogen-bond donors (Lipinski definition) is 2. The first-order valence-corrected chi connectivity index (χ1v) is 8.04. The minimum atomic E-state index is -0.0767. The number of carbonyl (C=O) groups excluding carboxylic acids is 1. The Bertz CT molecular complexity index is 540. The number of amides is 2. The molecule has 0 aromatic carbocycles. The van der Waals surface area contributed by atoms with Crippen molar-refractivity contribution in [3.05, 3.63) is 30.4 Å². The summed E-state index contributed by atoms with van der Waals surface area (Å²) in [6, 6.07) is 0.231. The SMILES string of the molecule is Cn1cncc1[C@@H]1C[C@@H](NC(=O)N[C@H]2C=CCCC2)CCO1. The van der Waals surface area contributed by atoms with Crippen LogP contribution in [0.15, 0.2) is 24.7 Å². The van der Waals surface area contributed by atoms with Gasteiger partial charge in [0, 0.05) is 25.7 Å². The first-order chi connectivity index (χ1) is 10.7. The summed E-state index contributed by atoms with van der Waals surface area (Å²) in [7, 11) is 1.96. The van der Waals surface area contributed by atoms with Crippen molar-refractivity contribution in [2.24, 2.45) is 7.05 Å². The number of urea groups is 1. The summed E-state index contributed by atoms with van der Waals surface area (Å²) in [5.74, 6) is 0. The number of imidazole rings is 1. The number of nitrogens with one attached hydrogen (secondary N) is 2. The van der Waals surface area contributed by atoms with Crippen LogP contribution in [-0.4, -0.2) is 34.3 Å². The van der Waals surface area contributed by atoms with E-state index in [1.54, 1.807) is 6.33 Å². The Labute approximate surface area is 130 Å². The molecule has 0 unspecified atom stereocenters. The maximum Gasteiger partial charge on any atom is 0.315 e. The summed E-state index contributed by atoms with van der Waals surface area (Å²) < 4.78 is 7.79. The number of hydrogen-bond acceptors (Lipinski definition) is 3. The van der Waals surface area contributed by atoms with Gasteiger partial charge in [-0.1, -0.05) is 12.2 Å². The monoisotopic (exact) mass is 304 g/mol. The Balaban J connectivity index is 1.51. The van der Waals surface area contributed by atoms with Gasteiger partial charge in [0.2, 0.25) is 0 Å². The molecule has 120 valence electrons. The van der Waals surface area contributed by atoms with Gasteiger partial charge in [0.25, 0.3) is 0 Å². The van der Waals surface area contributed by atoms with Crippen molar-refractivity contribution >= 4 is 6.03 Å². The van der Waals surface area contributed by atoms with Gasteiger partial charge in [-0.3, -0.25) is 0 Å². The van der Waals surface area contributed by atoms with Crippen molar-refractivity contribution in [2.75, 3.05) is 6.61 Å². The number of nitrogens with zero attached hydrogens (tertiary/aromatic N) is 2. The molecule has 1 aromatic heterocycles. The lowest BCUT2D eigenvalue weighted by molar-refractivity contribution is -0.00180. The number of aryl methyl sites for hydroxylation is 1. The van der Waals surface area contributed by atoms with Crippen LogP contribution >= 0.6 is 0 Å². The van der Waals surface area contributed by atoms with E-state index in [4.69, 9.17) is 4.74 Å². The van der Waals surface area contributed by atoms with Crippen LogP contribution in [-0.2, 0) is 11.8 Å². The molecule has 3 atom stereocenters. The molecule has 1 aliphatic carbocycles. The van der Waals surface area contributed by atoms with Crippen LogP contribution in [0.5, 0.6) is 0 Å². The van der Waals surface area contributed by atoms with Crippen LogP contribution in [0.3, 0.4) is 0 Å². The zero-order valence-corrected chi connectivity index (χ0v) is 13.0. The average molecular weight is 304 g/mol. The molecule has 6 heteroatoms. The van der Waals surface area contributed by atoms with E-state index in [9.17, 15) is 4.79 Å². The largest absolute Gasteiger partial charge is 0.372 e. The fraction of sp³-hybridized carbons (Fsp3) is 0.625. The van der Waals surface area contributed by atoms with Gasteiger partial charge in [-0.15, -0.1) is 0 Å². The molecule has 2 N–H and O–H groups in total. The maximum absolute atomic E-state index is 12.1. The topological polar surface area (TPSA) is 68.2 Å². The number of carbonyl (C=O) groups is 1. The van der Waals surface area contributed by atoms with E-state index in [1.165, 1.54) is 0 Å². The van der Waals surface area contributed by atoms with E-state index in [1.807, 2.05) is 17.8 Å². The summed E-state index contributed by atoms with van der Waals surface area (Å²) in [5.41, 5.74) is 1.06. The van der Waals surface area contributed by atoms with E-state index in [0.717, 1.165) is 37.8 Å². The van der Waals surface area contributed by atoms with Gasteiger partial charge in [0.05, 0.1) is 18.2 Å². The molecule has 0 bridgehead atoms. The number of rotatable bonds is 3. The lowest BCUT2D eigenvalue weighted by atomic mass is 10.0. The summed E-state index contributed by atoms with van der Waals surface area (Å²) in [6.45, 7) is 0.657. The van der Waals surface area contributed by atoms with E-state index in [-0.39, 0.29) is 24.2 Å². The first kappa shape index (κ1) is 15.1. The van der Waals surface area contributed by atoms with Gasteiger partial charge in [-0.2, -0.15) is 0 Å². The van der Waals surface area contributed by atoms with Crippen LogP contribution in [0.1, 0.15) is 43.9 Å². The Kier molecular flexibility index (Phi) is 4.77. The number of aromatic nitrogens is 2. The summed E-state index contributed by atoms with van der Waals surface area (Å²) >= 11 is 0. The molecule has 0 radical (unpaired) electrons. The van der Waals surface area contributed by atoms with Crippen molar-refractivity contribution in [1.82, 2.24) is 20.2 Å². The quantitative estimate of drug-likeness (QED) is 0.840. The van der Waals surface area contributed by atoms with Crippen LogP contribution < -0.4 is 10.6 Å². The molecular formula is C16H24N4O2. The molecule has 1 aromatic rings. The molecule has 22 heavy (non-hydrogen) atoms. The molecule has 2 heterocycles. The molecule has 1 saturated heterocycles. The van der Waals surface area contributed by atoms with Gasteiger partial charge in [-0.25, -0.2) is 9.78 Å². The highest BCUT2D eigenvalue weighted by Crippen LogP contribution is 2.27. The van der Waals surface area contributed by atoms with Crippen molar-refractivity contribution in [1.29, 1.82) is 0 Å². The zero-order chi connectivity index (χ0) is 15.4. The van der Waals surface area contributed by atoms with Gasteiger partial charge in [-0.05, 0) is 32.1 Å². The Hall–Kier alpha value is -1.82. The third kappa shape index (κ3) is 3.68. The summed E-state index contributed by atoms with van der Waals surface area (Å²) in [4.78, 5) is 16.3. The Morgan fingerprint density at radius 2 is 2.32 bits per heavy atom. The molecule has 3 rings (SSSR count). The molecule has 2 amide bonds. The standard InChI is InChI=1S/C16H24N4O2/c1-20-11-17-10-14(20)15-9-13(7-8-22-15)19-16(21)18-12-5-3-2-4-6-12/h3,5,10-13,15H,2,4,6-9H2,1H3,(H2,18,19,21)/t12-,13-,15-/m0/s1. The Morgan fingerprint density at radius 1 is 1.41 bits per heavy atom. The minimum Gasteiger partial charge on any atom is -0.372 e. The number of ether oxygens (including phenoxy) is 1. The van der Waals surface area contributed by atoms with E-state index in [2.05, 4.69) is 27.8 Å². The highest BCUT2D eigenvalue weighted by molar-refractivity contribution is 5.74. The molecule has 0 spiro atoms. The lowest BCUT2D eigenvalue weighted by Crippen LogP contribution is -2.48. The predicted molar refractivity (Wildman–Crippen MR) is 83.4 cm³/mol. The highest BCUT2D eigenvalue weighted by atomic mass is 16.5. The highest BCUT2D eigenvalue weighted by Gasteiger charge is 2.27. The third-order valence-corrected chi connectivity index (χ3v) is 4.37. The molecule has 6 nitrogen and oxygen atoms in total. The maximum atomic E-state index is 12.1. The minimum absolute atomic E-state index is 0.00104. The van der Waals surface area contributed by atoms with E-state index < -0.39 is 0 Å². The second kappa shape index (κ2) is 6.96. The fourth-order valence-corrected chi connectivity index (χ4v) is 3.14. The second-order valence-electron chi connectivity index (χ2n) is 6.09. The fourth-order valence-electron chi connectivity index (χ4n) is 3.14.